The summed E-state index contributed by atoms with van der Waals surface area (Å²) in [6, 6.07) is 18.9. The summed E-state index contributed by atoms with van der Waals surface area (Å²) in [6.07, 6.45) is 1.16. The monoisotopic (exact) mass is 429 g/mol. The molecule has 0 saturated heterocycles. The summed E-state index contributed by atoms with van der Waals surface area (Å²) in [7, 11) is 0. The lowest BCUT2D eigenvalue weighted by atomic mass is 9.90. The molecule has 4 heteroatoms. The summed E-state index contributed by atoms with van der Waals surface area (Å²) < 4.78 is 5.63. The highest BCUT2D eigenvalue weighted by molar-refractivity contribution is 6.23. The molecule has 4 rings (SSSR count). The maximum absolute atomic E-state index is 13.2. The van der Waals surface area contributed by atoms with Gasteiger partial charge in [0, 0.05) is 0 Å². The lowest BCUT2D eigenvalue weighted by Gasteiger charge is -2.33. The summed E-state index contributed by atoms with van der Waals surface area (Å²) in [5, 5.41) is 10.1. The molecular weight excluding hydrogens is 398 g/mol. The molecule has 0 heterocycles. The molecule has 0 radical (unpaired) electrons. The van der Waals surface area contributed by atoms with Crippen molar-refractivity contribution in [2.24, 2.45) is 0 Å². The van der Waals surface area contributed by atoms with E-state index in [4.69, 9.17) is 4.74 Å². The summed E-state index contributed by atoms with van der Waals surface area (Å²) in [5.41, 5.74) is -0.670. The van der Waals surface area contributed by atoms with Gasteiger partial charge < -0.3 is 10.1 Å². The second-order valence-electron chi connectivity index (χ2n) is 9.60. The largest absolute Gasteiger partial charge is 0.458 e. The first-order valence-corrected chi connectivity index (χ1v) is 11.4. The Labute approximate surface area is 189 Å². The summed E-state index contributed by atoms with van der Waals surface area (Å²) in [4.78, 5) is 26.1. The van der Waals surface area contributed by atoms with Gasteiger partial charge in [-0.05, 0) is 71.5 Å². The fourth-order valence-electron chi connectivity index (χ4n) is 4.58. The van der Waals surface area contributed by atoms with Gasteiger partial charge in [-0.3, -0.25) is 4.79 Å². The number of hydrogen-bond acceptors (Lipinski definition) is 3. The van der Waals surface area contributed by atoms with Crippen LogP contribution in [0.2, 0.25) is 0 Å². The molecule has 1 amide bonds. The molecule has 0 atom stereocenters. The maximum Gasteiger partial charge on any atom is 0.332 e. The number of carbonyl (C=O) groups is 2. The van der Waals surface area contributed by atoms with Crippen molar-refractivity contribution in [1.29, 1.82) is 0 Å². The molecule has 0 aliphatic carbocycles. The Kier molecular flexibility index (Phi) is 5.58. The van der Waals surface area contributed by atoms with Crippen molar-refractivity contribution in [3.05, 3.63) is 60.2 Å². The van der Waals surface area contributed by atoms with E-state index < -0.39 is 11.1 Å². The zero-order chi connectivity index (χ0) is 23.1. The van der Waals surface area contributed by atoms with Gasteiger partial charge in [-0.25, -0.2) is 4.79 Å². The van der Waals surface area contributed by atoms with Crippen LogP contribution in [0.3, 0.4) is 0 Å². The lowest BCUT2D eigenvalue weighted by Crippen LogP contribution is -2.56. The van der Waals surface area contributed by atoms with E-state index in [0.717, 1.165) is 10.9 Å². The second-order valence-corrected chi connectivity index (χ2v) is 9.60. The first-order valence-electron chi connectivity index (χ1n) is 11.4. The van der Waals surface area contributed by atoms with E-state index in [-0.39, 0.29) is 18.3 Å². The first kappa shape index (κ1) is 22.1. The smallest absolute Gasteiger partial charge is 0.332 e. The van der Waals surface area contributed by atoms with Gasteiger partial charge in [0.05, 0.1) is 6.42 Å². The van der Waals surface area contributed by atoms with Crippen LogP contribution in [0.25, 0.3) is 32.3 Å². The number of hydrogen-bond donors (Lipinski definition) is 1. The minimum absolute atomic E-state index is 0.172. The molecule has 0 bridgehead atoms. The number of amides is 1. The van der Waals surface area contributed by atoms with E-state index in [0.29, 0.717) is 12.8 Å². The Bertz CT molecular complexity index is 1280. The van der Waals surface area contributed by atoms with E-state index in [9.17, 15) is 9.59 Å². The van der Waals surface area contributed by atoms with Crippen LogP contribution in [-0.4, -0.2) is 23.0 Å². The predicted molar refractivity (Wildman–Crippen MR) is 131 cm³/mol. The first-order chi connectivity index (χ1) is 15.2. The SMILES string of the molecule is CCC(CC)(NC(=O)Cc1ccc2ccc3cccc4ccc1c2c34)C(=O)OC(C)(C)C. The normalized spacial score (nSPS) is 12.5. The van der Waals surface area contributed by atoms with Crippen LogP contribution in [0.5, 0.6) is 0 Å². The van der Waals surface area contributed by atoms with Crippen molar-refractivity contribution >= 4 is 44.2 Å². The van der Waals surface area contributed by atoms with E-state index in [1.54, 1.807) is 0 Å². The summed E-state index contributed by atoms with van der Waals surface area (Å²) >= 11 is 0. The Morgan fingerprint density at radius 3 is 1.97 bits per heavy atom. The van der Waals surface area contributed by atoms with Gasteiger partial charge in [0.15, 0.2) is 0 Å². The fourth-order valence-corrected chi connectivity index (χ4v) is 4.58. The lowest BCUT2D eigenvalue weighted by molar-refractivity contribution is -0.165. The number of rotatable bonds is 6. The van der Waals surface area contributed by atoms with Gasteiger partial charge in [0.1, 0.15) is 11.1 Å². The predicted octanol–water partition coefficient (Wildman–Crippen LogP) is 6.14. The third-order valence-corrected chi connectivity index (χ3v) is 6.35. The van der Waals surface area contributed by atoms with Crippen molar-refractivity contribution < 1.29 is 14.3 Å². The van der Waals surface area contributed by atoms with Crippen LogP contribution in [-0.2, 0) is 20.7 Å². The Morgan fingerprint density at radius 1 is 0.812 bits per heavy atom. The molecule has 0 aliphatic rings. The molecule has 4 nitrogen and oxygen atoms in total. The standard InChI is InChI=1S/C28H31NO3/c1-6-28(7-2,26(31)32-27(3,4)5)29-23(30)17-21-14-13-20-12-11-18-9-8-10-19-15-16-22(21)25(20)24(18)19/h8-16H,6-7,17H2,1-5H3,(H,29,30). The zero-order valence-electron chi connectivity index (χ0n) is 19.5. The van der Waals surface area contributed by atoms with Gasteiger partial charge >= 0.3 is 5.97 Å². The third-order valence-electron chi connectivity index (χ3n) is 6.35. The number of carbonyl (C=O) groups excluding carboxylic acids is 2. The van der Waals surface area contributed by atoms with Crippen molar-refractivity contribution in [2.75, 3.05) is 0 Å². The van der Waals surface area contributed by atoms with Gasteiger partial charge in [-0.1, -0.05) is 68.4 Å². The van der Waals surface area contributed by atoms with Crippen molar-refractivity contribution in [3.8, 4) is 0 Å². The molecule has 1 N–H and O–H groups in total. The minimum Gasteiger partial charge on any atom is -0.458 e. The van der Waals surface area contributed by atoms with Gasteiger partial charge in [0.25, 0.3) is 0 Å². The topological polar surface area (TPSA) is 55.4 Å². The molecule has 0 unspecified atom stereocenters. The number of esters is 1. The molecule has 32 heavy (non-hydrogen) atoms. The van der Waals surface area contributed by atoms with Gasteiger partial charge in [-0.2, -0.15) is 0 Å². The summed E-state index contributed by atoms with van der Waals surface area (Å²) in [5.74, 6) is -0.548. The number of nitrogens with one attached hydrogen (secondary N) is 1. The van der Waals surface area contributed by atoms with Crippen molar-refractivity contribution in [3.63, 3.8) is 0 Å². The highest BCUT2D eigenvalue weighted by Crippen LogP contribution is 2.36. The molecule has 4 aromatic carbocycles. The molecule has 0 fully saturated rings. The minimum atomic E-state index is -1.02. The van der Waals surface area contributed by atoms with Gasteiger partial charge in [-0.15, -0.1) is 0 Å². The Morgan fingerprint density at radius 2 is 1.38 bits per heavy atom. The average molecular weight is 430 g/mol. The zero-order valence-corrected chi connectivity index (χ0v) is 19.5. The van der Waals surface area contributed by atoms with Crippen LogP contribution in [0.15, 0.2) is 54.6 Å². The van der Waals surface area contributed by atoms with Crippen LogP contribution >= 0.6 is 0 Å². The van der Waals surface area contributed by atoms with E-state index in [1.165, 1.54) is 26.9 Å². The van der Waals surface area contributed by atoms with Crippen molar-refractivity contribution in [1.82, 2.24) is 5.32 Å². The maximum atomic E-state index is 13.2. The number of ether oxygens (including phenoxy) is 1. The summed E-state index contributed by atoms with van der Waals surface area (Å²) in [6.45, 7) is 9.34. The molecule has 0 saturated carbocycles. The average Bonchev–Trinajstić information content (AvgIpc) is 2.75. The van der Waals surface area contributed by atoms with Gasteiger partial charge in [0.2, 0.25) is 5.91 Å². The Balaban J connectivity index is 1.68. The quantitative estimate of drug-likeness (QED) is 0.296. The Hall–Kier alpha value is -3.14. The van der Waals surface area contributed by atoms with Crippen LogP contribution in [0, 0.1) is 0 Å². The highest BCUT2D eigenvalue weighted by atomic mass is 16.6. The highest BCUT2D eigenvalue weighted by Gasteiger charge is 2.40. The molecule has 4 aromatic rings. The fraction of sp³-hybridized carbons (Fsp3) is 0.357. The third kappa shape index (κ3) is 3.90. The molecule has 0 aliphatic heterocycles. The molecule has 0 spiro atoms. The van der Waals surface area contributed by atoms with Crippen molar-refractivity contribution in [2.45, 2.75) is 65.0 Å². The number of benzene rings is 4. The molecule has 166 valence electrons. The molecular formula is C28H31NO3. The van der Waals surface area contributed by atoms with Crippen LogP contribution in [0.4, 0.5) is 0 Å². The van der Waals surface area contributed by atoms with Crippen LogP contribution < -0.4 is 5.32 Å². The van der Waals surface area contributed by atoms with E-state index >= 15 is 0 Å². The van der Waals surface area contributed by atoms with E-state index in [2.05, 4.69) is 53.8 Å². The van der Waals surface area contributed by atoms with Crippen LogP contribution in [0.1, 0.15) is 53.0 Å². The van der Waals surface area contributed by atoms with E-state index in [1.807, 2.05) is 40.7 Å². The second kappa shape index (κ2) is 8.09. The molecule has 0 aromatic heterocycles.